The van der Waals surface area contributed by atoms with E-state index in [1.165, 1.54) is 32.9 Å². The summed E-state index contributed by atoms with van der Waals surface area (Å²) in [6, 6.07) is -0.972. The third-order valence-corrected chi connectivity index (χ3v) is 10.4. The lowest BCUT2D eigenvalue weighted by atomic mass is 10.0. The van der Waals surface area contributed by atoms with Crippen LogP contribution in [0.4, 0.5) is 0 Å². The Morgan fingerprint density at radius 3 is 2.41 bits per heavy atom. The van der Waals surface area contributed by atoms with Gasteiger partial charge in [-0.3, -0.25) is 27.6 Å². The van der Waals surface area contributed by atoms with Gasteiger partial charge in [0.1, 0.15) is 23.7 Å². The summed E-state index contributed by atoms with van der Waals surface area (Å²) in [5, 5.41) is 11.4. The smallest absolute Gasteiger partial charge is 0.415 e. The lowest BCUT2D eigenvalue weighted by Gasteiger charge is -2.49. The molecule has 32 heavy (non-hydrogen) atoms. The highest BCUT2D eigenvalue weighted by Gasteiger charge is 2.54. The van der Waals surface area contributed by atoms with Gasteiger partial charge >= 0.3 is 18.7 Å². The summed E-state index contributed by atoms with van der Waals surface area (Å²) in [5.74, 6) is -3.37. The highest BCUT2D eigenvalue weighted by atomic mass is 32.7. The fourth-order valence-electron chi connectivity index (χ4n) is 2.53. The Morgan fingerprint density at radius 1 is 1.25 bits per heavy atom. The van der Waals surface area contributed by atoms with Crippen molar-refractivity contribution in [1.29, 1.82) is 0 Å². The van der Waals surface area contributed by atoms with Gasteiger partial charge in [0.2, 0.25) is 5.91 Å². The van der Waals surface area contributed by atoms with Gasteiger partial charge in [-0.1, -0.05) is 0 Å². The first-order valence-electron chi connectivity index (χ1n) is 8.49. The Bertz CT molecular complexity index is 829. The zero-order valence-corrected chi connectivity index (χ0v) is 21.0. The predicted octanol–water partition coefficient (Wildman–Crippen LogP) is 1.58. The number of hydrogen-bond acceptors (Lipinski definition) is 14. The number of amides is 2. The van der Waals surface area contributed by atoms with Crippen LogP contribution in [-0.2, 0) is 44.8 Å². The molecule has 2 aliphatic rings. The summed E-state index contributed by atoms with van der Waals surface area (Å²) < 4.78 is 36.4. The third kappa shape index (κ3) is 7.04. The maximum absolute atomic E-state index is 12.6. The van der Waals surface area contributed by atoms with Crippen molar-refractivity contribution in [2.75, 3.05) is 32.3 Å². The molecule has 0 aromatic rings. The third-order valence-electron chi connectivity index (χ3n) is 3.75. The molecule has 0 aliphatic carbocycles. The Labute approximate surface area is 200 Å². The van der Waals surface area contributed by atoms with Gasteiger partial charge < -0.3 is 15.2 Å². The summed E-state index contributed by atoms with van der Waals surface area (Å²) in [4.78, 5) is 48.6. The first-order chi connectivity index (χ1) is 15.1. The Hall–Kier alpha value is -0.910. The van der Waals surface area contributed by atoms with Crippen LogP contribution in [0.3, 0.4) is 0 Å². The number of β-lactam (4-membered cyclic amide) rings is 1. The molecule has 18 heteroatoms. The normalized spacial score (nSPS) is 20.5. The van der Waals surface area contributed by atoms with Crippen LogP contribution in [-0.4, -0.2) is 77.5 Å². The Morgan fingerprint density at radius 2 is 1.88 bits per heavy atom. The van der Waals surface area contributed by atoms with Crippen molar-refractivity contribution in [3.63, 3.8) is 0 Å². The number of hydrogen-bond donors (Lipinski definition) is 2. The van der Waals surface area contributed by atoms with Crippen LogP contribution in [0.25, 0.3) is 0 Å². The molecule has 0 aromatic carbocycles. The zero-order chi connectivity index (χ0) is 23.9. The number of rotatable bonds is 13. The number of esters is 1. The van der Waals surface area contributed by atoms with E-state index in [0.29, 0.717) is 36.0 Å². The van der Waals surface area contributed by atoms with Crippen LogP contribution in [0.1, 0.15) is 6.92 Å². The molecule has 2 heterocycles. The van der Waals surface area contributed by atoms with Gasteiger partial charge in [0, 0.05) is 18.2 Å². The fraction of sp³-hybridized carbons (Fsp3) is 0.571. The van der Waals surface area contributed by atoms with E-state index in [-0.39, 0.29) is 29.4 Å². The molecule has 0 aromatic heterocycles. The van der Waals surface area contributed by atoms with Crippen LogP contribution in [0.2, 0.25) is 0 Å². The van der Waals surface area contributed by atoms with Crippen molar-refractivity contribution in [3.05, 3.63) is 11.3 Å². The van der Waals surface area contributed by atoms with Crippen molar-refractivity contribution >= 4 is 78.3 Å². The van der Waals surface area contributed by atoms with Gasteiger partial charge in [-0.2, -0.15) is 0 Å². The summed E-state index contributed by atoms with van der Waals surface area (Å²) in [6.45, 7) is -2.88. The van der Waals surface area contributed by atoms with Crippen molar-refractivity contribution in [3.8, 4) is 0 Å². The maximum atomic E-state index is 12.6. The number of nitrogens with zero attached hydrogens (tertiary/aromatic N) is 1. The topological polar surface area (TPSA) is 167 Å². The molecule has 0 saturated carbocycles. The summed E-state index contributed by atoms with van der Waals surface area (Å²) in [7, 11) is 2.56. The molecule has 0 spiro atoms. The van der Waals surface area contributed by atoms with Gasteiger partial charge in [-0.25, -0.2) is 17.3 Å². The minimum absolute atomic E-state index is 0.198. The van der Waals surface area contributed by atoms with Crippen molar-refractivity contribution in [1.82, 2.24) is 10.2 Å². The van der Waals surface area contributed by atoms with Crippen molar-refractivity contribution in [2.24, 2.45) is 0 Å². The Balaban J connectivity index is 1.99. The number of ether oxygens (including phenoxy) is 1. The monoisotopic (exact) mass is 550 g/mol. The number of carboxylic acid groups (broad SMARTS) is 1. The highest BCUT2D eigenvalue weighted by molar-refractivity contribution is 8.57. The molecule has 0 bridgehead atoms. The van der Waals surface area contributed by atoms with Crippen molar-refractivity contribution in [2.45, 2.75) is 18.3 Å². The molecule has 1 saturated heterocycles. The first-order valence-corrected chi connectivity index (χ1v) is 14.0. The van der Waals surface area contributed by atoms with Crippen molar-refractivity contribution < 1.29 is 49.9 Å². The van der Waals surface area contributed by atoms with Gasteiger partial charge in [0.05, 0.1) is 20.0 Å². The van der Waals surface area contributed by atoms with Crippen LogP contribution < -0.4 is 5.32 Å². The number of carboxylic acids is 1. The van der Waals surface area contributed by atoms with E-state index in [2.05, 4.69) is 13.7 Å². The first kappa shape index (κ1) is 27.3. The summed E-state index contributed by atoms with van der Waals surface area (Å²) in [6.07, 6.45) is 0. The second-order valence-corrected chi connectivity index (χ2v) is 12.6. The van der Waals surface area contributed by atoms with Crippen LogP contribution in [0, 0.1) is 0 Å². The molecule has 13 nitrogen and oxygen atoms in total. The largest absolute Gasteiger partial charge is 0.477 e. The summed E-state index contributed by atoms with van der Waals surface area (Å²) >= 11 is 2.58. The maximum Gasteiger partial charge on any atom is 0.415 e. The number of fused-ring (bicyclic) bond motifs is 1. The molecule has 2 aliphatic heterocycles. The molecule has 2 amide bonds. The number of carbonyl (C=O) groups excluding carboxylic acids is 3. The predicted molar refractivity (Wildman–Crippen MR) is 118 cm³/mol. The molecular weight excluding hydrogens is 531 g/mol. The fourth-order valence-corrected chi connectivity index (χ4v) is 8.01. The van der Waals surface area contributed by atoms with E-state index in [1.807, 2.05) is 0 Å². The van der Waals surface area contributed by atoms with Gasteiger partial charge in [-0.05, 0) is 11.4 Å². The van der Waals surface area contributed by atoms with E-state index in [9.17, 15) is 28.8 Å². The van der Waals surface area contributed by atoms with Crippen LogP contribution >= 0.6 is 54.6 Å². The highest BCUT2D eigenvalue weighted by Crippen LogP contribution is 2.65. The molecule has 2 rings (SSSR count). The number of nitrogens with one attached hydrogen (secondary N) is 1. The van der Waals surface area contributed by atoms with E-state index in [0.717, 1.165) is 4.90 Å². The quantitative estimate of drug-likeness (QED) is 0.147. The van der Waals surface area contributed by atoms with E-state index in [4.69, 9.17) is 12.7 Å². The Kier molecular flexibility index (Phi) is 10.7. The van der Waals surface area contributed by atoms with Crippen LogP contribution in [0.15, 0.2) is 11.3 Å². The van der Waals surface area contributed by atoms with E-state index in [1.54, 1.807) is 0 Å². The minimum Gasteiger partial charge on any atom is -0.477 e. The molecule has 2 N–H and O–H groups in total. The zero-order valence-electron chi connectivity index (χ0n) is 16.8. The number of aliphatic carboxylic acids is 1. The lowest BCUT2D eigenvalue weighted by molar-refractivity contribution is -0.150. The second kappa shape index (κ2) is 12.5. The molecular formula is C14H19N2O11PS4. The van der Waals surface area contributed by atoms with Gasteiger partial charge in [0.15, 0.2) is 24.6 Å². The molecule has 1 fully saturated rings. The van der Waals surface area contributed by atoms with Gasteiger partial charge in [-0.15, -0.1) is 11.8 Å². The van der Waals surface area contributed by atoms with E-state index >= 15 is 0 Å². The minimum atomic E-state index is -3.83. The number of thioether (sulfide) groups is 1. The second-order valence-electron chi connectivity index (χ2n) is 5.83. The van der Waals surface area contributed by atoms with E-state index < -0.39 is 42.0 Å². The lowest BCUT2D eigenvalue weighted by Crippen LogP contribution is -2.70. The average Bonchev–Trinajstić information content (AvgIpc) is 2.76. The summed E-state index contributed by atoms with van der Waals surface area (Å²) in [5.41, 5.74) is 0.0171. The molecule has 0 unspecified atom stereocenters. The van der Waals surface area contributed by atoms with Crippen LogP contribution in [0.5, 0.6) is 0 Å². The SMILES string of the molecule is COSOP(=O)(OSOC)SCC(=O)N[C@@H]1C(=O)N2C(C(=O)O)=C(COC(C)=O)CS[C@H]12. The molecule has 0 radical (unpaired) electrons. The average molecular weight is 551 g/mol. The van der Waals surface area contributed by atoms with Gasteiger partial charge in [0.25, 0.3) is 5.91 Å². The number of carbonyl (C=O) groups is 4. The molecule has 180 valence electrons. The standard InChI is InChI=1S/C14H19N2O11PS4/c1-7(17)25-4-8-5-29-13-10(12(19)16(13)11(8)14(20)21)15-9(18)6-30-28(22,26-31-23-2)27-32-24-3/h10,13H,4-6H2,1-3H3,(H,15,18)(H,20,21)/t10-,13-/m1/s1. The molecule has 2 atom stereocenters.